The van der Waals surface area contributed by atoms with E-state index in [1.807, 2.05) is 0 Å². The number of aliphatic hydroxyl groups excluding tert-OH is 1. The van der Waals surface area contributed by atoms with Crippen LogP contribution in [0.1, 0.15) is 32.6 Å². The highest BCUT2D eigenvalue weighted by Crippen LogP contribution is 2.34. The van der Waals surface area contributed by atoms with Crippen molar-refractivity contribution in [3.63, 3.8) is 0 Å². The fraction of sp³-hybridized carbons (Fsp3) is 0.667. The summed E-state index contributed by atoms with van der Waals surface area (Å²) in [6.45, 7) is 2.28. The summed E-state index contributed by atoms with van der Waals surface area (Å²) in [7, 11) is 0. The van der Waals surface area contributed by atoms with Crippen LogP contribution in [0, 0.1) is 5.92 Å². The van der Waals surface area contributed by atoms with Gasteiger partial charge in [-0.1, -0.05) is 6.92 Å². The molecule has 5 nitrogen and oxygen atoms in total. The molecule has 0 bridgehead atoms. The van der Waals surface area contributed by atoms with E-state index < -0.39 is 0 Å². The average Bonchev–Trinajstić information content (AvgIpc) is 2.38. The molecule has 3 N–H and O–H groups in total. The average molecular weight is 316 g/mol. The quantitative estimate of drug-likeness (QED) is 0.796. The Bertz CT molecular complexity index is 467. The molecule has 1 aliphatic rings. The molecule has 2 rings (SSSR count). The molecule has 1 aliphatic carbocycles. The number of nitrogens with zero attached hydrogens (tertiary/aromatic N) is 1. The van der Waals surface area contributed by atoms with Crippen LogP contribution in [0.15, 0.2) is 15.6 Å². The van der Waals surface area contributed by atoms with E-state index in [-0.39, 0.29) is 17.7 Å². The zero-order valence-electron chi connectivity index (χ0n) is 10.4. The van der Waals surface area contributed by atoms with E-state index in [2.05, 4.69) is 38.1 Å². The Kier molecular flexibility index (Phi) is 4.07. The van der Waals surface area contributed by atoms with Crippen molar-refractivity contribution in [1.29, 1.82) is 0 Å². The molecule has 0 atom stereocenters. The summed E-state index contributed by atoms with van der Waals surface area (Å²) in [5, 5.41) is 12.9. The highest BCUT2D eigenvalue weighted by Gasteiger charge is 2.34. The van der Waals surface area contributed by atoms with E-state index in [1.54, 1.807) is 0 Å². The smallest absolute Gasteiger partial charge is 0.267 e. The maximum atomic E-state index is 11.5. The fourth-order valence-electron chi connectivity index (χ4n) is 2.36. The first-order valence-electron chi connectivity index (χ1n) is 6.18. The van der Waals surface area contributed by atoms with Gasteiger partial charge in [-0.3, -0.25) is 4.79 Å². The molecule has 1 saturated carbocycles. The molecule has 0 amide bonds. The third-order valence-corrected chi connectivity index (χ3v) is 4.45. The molecular formula is C12H18BrN3O2. The van der Waals surface area contributed by atoms with Crippen LogP contribution in [0.2, 0.25) is 0 Å². The molecule has 1 aromatic rings. The van der Waals surface area contributed by atoms with Crippen molar-refractivity contribution >= 4 is 21.7 Å². The van der Waals surface area contributed by atoms with Gasteiger partial charge in [0.1, 0.15) is 10.3 Å². The molecule has 100 valence electrons. The van der Waals surface area contributed by atoms with Crippen LogP contribution >= 0.6 is 15.9 Å². The molecule has 1 heterocycles. The van der Waals surface area contributed by atoms with Crippen molar-refractivity contribution < 1.29 is 5.11 Å². The second-order valence-electron chi connectivity index (χ2n) is 5.14. The van der Waals surface area contributed by atoms with E-state index in [0.29, 0.717) is 16.2 Å². The van der Waals surface area contributed by atoms with Crippen LogP contribution in [0.3, 0.4) is 0 Å². The molecular weight excluding hydrogens is 298 g/mol. The highest BCUT2D eigenvalue weighted by molar-refractivity contribution is 9.10. The van der Waals surface area contributed by atoms with Crippen LogP contribution in [0.4, 0.5) is 5.82 Å². The zero-order chi connectivity index (χ0) is 13.2. The Balaban J connectivity index is 2.20. The third-order valence-electron chi connectivity index (χ3n) is 3.71. The lowest BCUT2D eigenvalue weighted by atomic mass is 9.77. The number of nitrogens with one attached hydrogen (secondary N) is 2. The minimum Gasteiger partial charge on any atom is -0.394 e. The third kappa shape index (κ3) is 2.75. The highest BCUT2D eigenvalue weighted by atomic mass is 79.9. The molecule has 0 aliphatic heterocycles. The number of aromatic amines is 1. The van der Waals surface area contributed by atoms with Crippen LogP contribution in [-0.4, -0.2) is 27.2 Å². The summed E-state index contributed by atoms with van der Waals surface area (Å²) >= 11 is 3.22. The lowest BCUT2D eigenvalue weighted by Crippen LogP contribution is -2.45. The molecule has 0 unspecified atom stereocenters. The second-order valence-corrected chi connectivity index (χ2v) is 5.93. The number of hydrogen-bond acceptors (Lipinski definition) is 4. The molecule has 0 saturated heterocycles. The summed E-state index contributed by atoms with van der Waals surface area (Å²) in [6.07, 6.45) is 5.31. The predicted octanol–water partition coefficient (Wildman–Crippen LogP) is 1.89. The van der Waals surface area contributed by atoms with Gasteiger partial charge in [-0.2, -0.15) is 0 Å². The van der Waals surface area contributed by atoms with Gasteiger partial charge in [-0.25, -0.2) is 4.98 Å². The Hall–Kier alpha value is -0.880. The largest absolute Gasteiger partial charge is 0.394 e. The lowest BCUT2D eigenvalue weighted by molar-refractivity contribution is 0.155. The molecule has 18 heavy (non-hydrogen) atoms. The van der Waals surface area contributed by atoms with Crippen molar-refractivity contribution in [2.24, 2.45) is 5.92 Å². The maximum Gasteiger partial charge on any atom is 0.267 e. The summed E-state index contributed by atoms with van der Waals surface area (Å²) < 4.78 is 0.386. The van der Waals surface area contributed by atoms with E-state index in [9.17, 15) is 9.90 Å². The van der Waals surface area contributed by atoms with Crippen LogP contribution < -0.4 is 10.9 Å². The molecule has 0 aromatic carbocycles. The van der Waals surface area contributed by atoms with E-state index in [4.69, 9.17) is 0 Å². The number of anilines is 1. The van der Waals surface area contributed by atoms with Gasteiger partial charge in [0.15, 0.2) is 0 Å². The van der Waals surface area contributed by atoms with Gasteiger partial charge in [0.2, 0.25) is 0 Å². The van der Waals surface area contributed by atoms with Crippen molar-refractivity contribution in [3.8, 4) is 0 Å². The summed E-state index contributed by atoms with van der Waals surface area (Å²) in [6, 6.07) is 0. The van der Waals surface area contributed by atoms with E-state index in [1.165, 1.54) is 6.33 Å². The molecule has 0 spiro atoms. The van der Waals surface area contributed by atoms with Gasteiger partial charge in [-0.15, -0.1) is 0 Å². The van der Waals surface area contributed by atoms with Gasteiger partial charge < -0.3 is 15.4 Å². The molecule has 0 radical (unpaired) electrons. The Morgan fingerprint density at radius 2 is 2.28 bits per heavy atom. The number of rotatable bonds is 3. The fourth-order valence-corrected chi connectivity index (χ4v) is 2.67. The standard InChI is InChI=1S/C12H18BrN3O2/c1-8-2-4-12(6-17,5-3-8)16-10-9(13)11(18)15-7-14-10/h7-8,17H,2-6H2,1H3,(H2,14,15,16,18). The first kappa shape index (κ1) is 13.5. The SMILES string of the molecule is CC1CCC(CO)(Nc2nc[nH]c(=O)c2Br)CC1. The monoisotopic (exact) mass is 315 g/mol. The van der Waals surface area contributed by atoms with Crippen LogP contribution in [0.5, 0.6) is 0 Å². The first-order chi connectivity index (χ1) is 8.56. The van der Waals surface area contributed by atoms with Crippen LogP contribution in [0.25, 0.3) is 0 Å². The van der Waals surface area contributed by atoms with Gasteiger partial charge in [0, 0.05) is 0 Å². The van der Waals surface area contributed by atoms with E-state index >= 15 is 0 Å². The topological polar surface area (TPSA) is 78.0 Å². The van der Waals surface area contributed by atoms with Gasteiger partial charge >= 0.3 is 0 Å². The number of aliphatic hydroxyl groups is 1. The maximum absolute atomic E-state index is 11.5. The number of halogens is 1. The number of aromatic nitrogens is 2. The lowest BCUT2D eigenvalue weighted by Gasteiger charge is -2.39. The van der Waals surface area contributed by atoms with Crippen molar-refractivity contribution in [1.82, 2.24) is 9.97 Å². The Labute approximate surface area is 114 Å². The minimum absolute atomic E-state index is 0.0562. The summed E-state index contributed by atoms with van der Waals surface area (Å²) in [4.78, 5) is 18.1. The van der Waals surface area contributed by atoms with Gasteiger partial charge in [0.25, 0.3) is 5.56 Å². The number of H-pyrrole nitrogens is 1. The predicted molar refractivity (Wildman–Crippen MR) is 73.6 cm³/mol. The molecule has 1 aromatic heterocycles. The van der Waals surface area contributed by atoms with Crippen molar-refractivity contribution in [3.05, 3.63) is 21.2 Å². The molecule has 1 fully saturated rings. The normalized spacial score (nSPS) is 28.1. The summed E-state index contributed by atoms with van der Waals surface area (Å²) in [5.74, 6) is 1.20. The Morgan fingerprint density at radius 1 is 1.61 bits per heavy atom. The summed E-state index contributed by atoms with van der Waals surface area (Å²) in [5.41, 5.74) is -0.569. The van der Waals surface area contributed by atoms with Crippen molar-refractivity contribution in [2.75, 3.05) is 11.9 Å². The van der Waals surface area contributed by atoms with Gasteiger partial charge in [0.05, 0.1) is 18.5 Å². The van der Waals surface area contributed by atoms with E-state index in [0.717, 1.165) is 25.7 Å². The minimum atomic E-state index is -0.351. The molecule has 6 heteroatoms. The second kappa shape index (κ2) is 5.40. The number of hydrogen-bond donors (Lipinski definition) is 3. The van der Waals surface area contributed by atoms with Crippen LogP contribution in [-0.2, 0) is 0 Å². The van der Waals surface area contributed by atoms with Crippen molar-refractivity contribution in [2.45, 2.75) is 38.1 Å². The zero-order valence-corrected chi connectivity index (χ0v) is 12.0. The first-order valence-corrected chi connectivity index (χ1v) is 6.98. The Morgan fingerprint density at radius 3 is 2.89 bits per heavy atom. The van der Waals surface area contributed by atoms with Gasteiger partial charge in [-0.05, 0) is 47.5 Å².